The van der Waals surface area contributed by atoms with Crippen LogP contribution in [0.5, 0.6) is 0 Å². The number of hydrogen-bond donors (Lipinski definition) is 1. The molecule has 0 amide bonds. The van der Waals surface area contributed by atoms with E-state index in [1.54, 1.807) is 27.8 Å². The van der Waals surface area contributed by atoms with Crippen molar-refractivity contribution >= 4 is 26.5 Å². The van der Waals surface area contributed by atoms with Crippen molar-refractivity contribution in [1.29, 1.82) is 0 Å². The normalized spacial score (nSPS) is 16.3. The molecular formula is C18H25N3O2S2. The summed E-state index contributed by atoms with van der Waals surface area (Å²) < 4.78 is 27.0. The van der Waals surface area contributed by atoms with Crippen molar-refractivity contribution in [1.82, 2.24) is 9.29 Å². The average molecular weight is 380 g/mol. The zero-order valence-corrected chi connectivity index (χ0v) is 16.4. The molecule has 1 aliphatic heterocycles. The molecule has 0 atom stereocenters. The Morgan fingerprint density at radius 3 is 2.48 bits per heavy atom. The molecule has 0 saturated carbocycles. The molecule has 25 heavy (non-hydrogen) atoms. The van der Waals surface area contributed by atoms with Crippen LogP contribution in [0.25, 0.3) is 11.3 Å². The Balaban J connectivity index is 1.74. The molecule has 0 aliphatic carbocycles. The molecule has 2 heterocycles. The predicted octanol–water partition coefficient (Wildman–Crippen LogP) is 4.05. The summed E-state index contributed by atoms with van der Waals surface area (Å²) in [5.74, 6) is 0.562. The van der Waals surface area contributed by atoms with Crippen molar-refractivity contribution in [3.8, 4) is 11.3 Å². The van der Waals surface area contributed by atoms with E-state index in [0.29, 0.717) is 23.9 Å². The molecule has 3 rings (SSSR count). The van der Waals surface area contributed by atoms with Crippen LogP contribution in [0.15, 0.2) is 34.5 Å². The van der Waals surface area contributed by atoms with Crippen LogP contribution >= 0.6 is 11.3 Å². The van der Waals surface area contributed by atoms with Gasteiger partial charge in [-0.2, -0.15) is 4.31 Å². The van der Waals surface area contributed by atoms with Crippen molar-refractivity contribution in [3.05, 3.63) is 29.6 Å². The van der Waals surface area contributed by atoms with Gasteiger partial charge in [-0.15, -0.1) is 11.3 Å². The van der Waals surface area contributed by atoms with Gasteiger partial charge in [0.1, 0.15) is 0 Å². The second-order valence-electron chi connectivity index (χ2n) is 6.80. The summed E-state index contributed by atoms with van der Waals surface area (Å²) in [6.45, 7) is 6.45. The predicted molar refractivity (Wildman–Crippen MR) is 103 cm³/mol. The number of nitrogens with zero attached hydrogens (tertiary/aromatic N) is 2. The third-order valence-corrected chi connectivity index (χ3v) is 6.98. The first-order valence-corrected chi connectivity index (χ1v) is 11.1. The summed E-state index contributed by atoms with van der Waals surface area (Å²) in [5.41, 5.74) is 1.81. The smallest absolute Gasteiger partial charge is 0.243 e. The van der Waals surface area contributed by atoms with Gasteiger partial charge < -0.3 is 5.32 Å². The maximum Gasteiger partial charge on any atom is 0.243 e. The first-order chi connectivity index (χ1) is 12.0. The highest BCUT2D eigenvalue weighted by Crippen LogP contribution is 2.27. The van der Waals surface area contributed by atoms with E-state index in [4.69, 9.17) is 0 Å². The third kappa shape index (κ3) is 4.40. The Hall–Kier alpha value is -1.44. The van der Waals surface area contributed by atoms with E-state index in [1.807, 2.05) is 17.5 Å². The van der Waals surface area contributed by atoms with Crippen molar-refractivity contribution < 1.29 is 8.42 Å². The molecule has 0 unspecified atom stereocenters. The maximum absolute atomic E-state index is 12.7. The molecule has 1 N–H and O–H groups in total. The summed E-state index contributed by atoms with van der Waals surface area (Å²) >= 11 is 1.57. The quantitative estimate of drug-likeness (QED) is 0.822. The van der Waals surface area contributed by atoms with Crippen molar-refractivity contribution in [2.24, 2.45) is 5.92 Å². The summed E-state index contributed by atoms with van der Waals surface area (Å²) in [7, 11) is -3.37. The van der Waals surface area contributed by atoms with Gasteiger partial charge in [-0.25, -0.2) is 13.4 Å². The standard InChI is InChI=1S/C18H25N3O2S2/c1-14(2)12-19-18-20-17(13-24-18)15-6-8-16(9-7-15)25(22,23)21-10-4-3-5-11-21/h6-9,13-14H,3-5,10-12H2,1-2H3,(H,19,20). The van der Waals surface area contributed by atoms with E-state index < -0.39 is 10.0 Å². The number of thiazole rings is 1. The molecule has 0 radical (unpaired) electrons. The van der Waals surface area contributed by atoms with Crippen molar-refractivity contribution in [3.63, 3.8) is 0 Å². The van der Waals surface area contributed by atoms with Crippen LogP contribution in [0.4, 0.5) is 5.13 Å². The Bertz CT molecular complexity index is 792. The fraction of sp³-hybridized carbons (Fsp3) is 0.500. The van der Waals surface area contributed by atoms with E-state index in [1.165, 1.54) is 0 Å². The van der Waals surface area contributed by atoms with Crippen LogP contribution in [0.3, 0.4) is 0 Å². The topological polar surface area (TPSA) is 62.3 Å². The number of piperidine rings is 1. The number of nitrogens with one attached hydrogen (secondary N) is 1. The number of aromatic nitrogens is 1. The lowest BCUT2D eigenvalue weighted by Crippen LogP contribution is -2.35. The van der Waals surface area contributed by atoms with Crippen molar-refractivity contribution in [2.45, 2.75) is 38.0 Å². The zero-order valence-electron chi connectivity index (χ0n) is 14.7. The number of hydrogen-bond acceptors (Lipinski definition) is 5. The van der Waals surface area contributed by atoms with Gasteiger partial charge in [0.05, 0.1) is 10.6 Å². The van der Waals surface area contributed by atoms with Gasteiger partial charge in [-0.1, -0.05) is 32.4 Å². The summed E-state index contributed by atoms with van der Waals surface area (Å²) in [6, 6.07) is 7.08. The molecule has 1 aliphatic rings. The SMILES string of the molecule is CC(C)CNc1nc(-c2ccc(S(=O)(=O)N3CCCCC3)cc2)cs1. The average Bonchev–Trinajstić information content (AvgIpc) is 3.10. The summed E-state index contributed by atoms with van der Waals surface area (Å²) in [4.78, 5) is 4.95. The van der Waals surface area contributed by atoms with E-state index in [0.717, 1.165) is 42.2 Å². The van der Waals surface area contributed by atoms with Crippen LogP contribution < -0.4 is 5.32 Å². The Labute approximate surface area is 154 Å². The monoisotopic (exact) mass is 379 g/mol. The zero-order chi connectivity index (χ0) is 17.9. The van der Waals surface area contributed by atoms with Crippen LogP contribution in [0.2, 0.25) is 0 Å². The van der Waals surface area contributed by atoms with Crippen molar-refractivity contribution in [2.75, 3.05) is 25.0 Å². The third-order valence-electron chi connectivity index (χ3n) is 4.27. The highest BCUT2D eigenvalue weighted by Gasteiger charge is 2.25. The second-order valence-corrected chi connectivity index (χ2v) is 9.60. The maximum atomic E-state index is 12.7. The van der Waals surface area contributed by atoms with Gasteiger partial charge in [0.2, 0.25) is 10.0 Å². The minimum absolute atomic E-state index is 0.367. The lowest BCUT2D eigenvalue weighted by atomic mass is 10.2. The number of benzene rings is 1. The van der Waals surface area contributed by atoms with E-state index in [-0.39, 0.29) is 0 Å². The molecule has 1 aromatic heterocycles. The minimum atomic E-state index is -3.37. The second kappa shape index (κ2) is 7.85. The molecule has 5 nitrogen and oxygen atoms in total. The van der Waals surface area contributed by atoms with E-state index in [9.17, 15) is 8.42 Å². The first kappa shape index (κ1) is 18.4. The highest BCUT2D eigenvalue weighted by atomic mass is 32.2. The number of sulfonamides is 1. The van der Waals surface area contributed by atoms with Crippen LogP contribution in [-0.4, -0.2) is 37.3 Å². The van der Waals surface area contributed by atoms with E-state index in [2.05, 4.69) is 24.1 Å². The Morgan fingerprint density at radius 2 is 1.84 bits per heavy atom. The number of anilines is 1. The summed E-state index contributed by atoms with van der Waals surface area (Å²) in [5, 5.41) is 6.21. The molecule has 2 aromatic rings. The van der Waals surface area contributed by atoms with Crippen LogP contribution in [0.1, 0.15) is 33.1 Å². The highest BCUT2D eigenvalue weighted by molar-refractivity contribution is 7.89. The van der Waals surface area contributed by atoms with Crippen LogP contribution in [0, 0.1) is 5.92 Å². The molecular weight excluding hydrogens is 354 g/mol. The molecule has 1 fully saturated rings. The largest absolute Gasteiger partial charge is 0.361 e. The van der Waals surface area contributed by atoms with Crippen LogP contribution in [-0.2, 0) is 10.0 Å². The van der Waals surface area contributed by atoms with Gasteiger partial charge >= 0.3 is 0 Å². The van der Waals surface area contributed by atoms with Gasteiger partial charge in [0, 0.05) is 30.6 Å². The lowest BCUT2D eigenvalue weighted by Gasteiger charge is -2.25. The Morgan fingerprint density at radius 1 is 1.16 bits per heavy atom. The summed E-state index contributed by atoms with van der Waals surface area (Å²) in [6.07, 6.45) is 3.01. The van der Waals surface area contributed by atoms with Gasteiger partial charge in [0.25, 0.3) is 0 Å². The molecule has 7 heteroatoms. The Kier molecular flexibility index (Phi) is 5.76. The van der Waals surface area contributed by atoms with Gasteiger partial charge in [-0.3, -0.25) is 0 Å². The van der Waals surface area contributed by atoms with E-state index >= 15 is 0 Å². The number of rotatable bonds is 6. The fourth-order valence-electron chi connectivity index (χ4n) is 2.83. The first-order valence-electron chi connectivity index (χ1n) is 8.77. The molecule has 136 valence electrons. The van der Waals surface area contributed by atoms with Gasteiger partial charge in [-0.05, 0) is 30.9 Å². The fourth-order valence-corrected chi connectivity index (χ4v) is 5.08. The molecule has 1 saturated heterocycles. The molecule has 1 aromatic carbocycles. The van der Waals surface area contributed by atoms with Gasteiger partial charge in [0.15, 0.2) is 5.13 Å². The molecule has 0 bridgehead atoms. The molecule has 0 spiro atoms. The lowest BCUT2D eigenvalue weighted by molar-refractivity contribution is 0.346. The minimum Gasteiger partial charge on any atom is -0.361 e.